The summed E-state index contributed by atoms with van der Waals surface area (Å²) in [5.41, 5.74) is 3.12. The molecule has 2 aliphatic rings. The standard InChI is InChI=1S/C11H22N2O/c1-9(13-12)10-4-7-14-11(8-10)5-2-3-6-11/h9-10,13H,2-8,12H2,1H3. The summed E-state index contributed by atoms with van der Waals surface area (Å²) < 4.78 is 5.98. The van der Waals surface area contributed by atoms with Crippen molar-refractivity contribution >= 4 is 0 Å². The second-order valence-corrected chi connectivity index (χ2v) is 4.95. The normalized spacial score (nSPS) is 33.4. The molecule has 3 N–H and O–H groups in total. The molecule has 0 aromatic heterocycles. The monoisotopic (exact) mass is 198 g/mol. The first-order valence-corrected chi connectivity index (χ1v) is 5.86. The van der Waals surface area contributed by atoms with Crippen molar-refractivity contribution in [3.63, 3.8) is 0 Å². The third-order valence-corrected chi connectivity index (χ3v) is 4.02. The Morgan fingerprint density at radius 2 is 2.14 bits per heavy atom. The van der Waals surface area contributed by atoms with Gasteiger partial charge < -0.3 is 4.74 Å². The maximum absolute atomic E-state index is 5.98. The molecular weight excluding hydrogens is 176 g/mol. The summed E-state index contributed by atoms with van der Waals surface area (Å²) in [6.45, 7) is 3.11. The fourth-order valence-corrected chi connectivity index (χ4v) is 3.00. The smallest absolute Gasteiger partial charge is 0.0685 e. The minimum atomic E-state index is 0.230. The number of nitrogens with one attached hydrogen (secondary N) is 1. The molecule has 0 bridgehead atoms. The summed E-state index contributed by atoms with van der Waals surface area (Å²) in [7, 11) is 0. The highest BCUT2D eigenvalue weighted by atomic mass is 16.5. The van der Waals surface area contributed by atoms with E-state index in [1.54, 1.807) is 0 Å². The molecular formula is C11H22N2O. The second-order valence-electron chi connectivity index (χ2n) is 4.95. The van der Waals surface area contributed by atoms with Gasteiger partial charge in [0, 0.05) is 12.6 Å². The first-order chi connectivity index (χ1) is 6.76. The molecule has 1 aliphatic carbocycles. The number of hydrazine groups is 1. The zero-order chi connectivity index (χ0) is 10.0. The molecule has 1 saturated carbocycles. The van der Waals surface area contributed by atoms with Crippen molar-refractivity contribution in [2.24, 2.45) is 11.8 Å². The van der Waals surface area contributed by atoms with Crippen molar-refractivity contribution in [1.29, 1.82) is 0 Å². The summed E-state index contributed by atoms with van der Waals surface area (Å²) in [4.78, 5) is 0. The Bertz CT molecular complexity index is 190. The van der Waals surface area contributed by atoms with Gasteiger partial charge >= 0.3 is 0 Å². The van der Waals surface area contributed by atoms with E-state index in [2.05, 4.69) is 12.3 Å². The molecule has 1 saturated heterocycles. The molecule has 0 amide bonds. The summed E-state index contributed by atoms with van der Waals surface area (Å²) in [6, 6.07) is 0.427. The summed E-state index contributed by atoms with van der Waals surface area (Å²) in [5.74, 6) is 6.20. The lowest BCUT2D eigenvalue weighted by Gasteiger charge is -2.40. The zero-order valence-corrected chi connectivity index (χ0v) is 9.09. The van der Waals surface area contributed by atoms with Gasteiger partial charge in [-0.3, -0.25) is 11.3 Å². The van der Waals surface area contributed by atoms with E-state index in [1.165, 1.54) is 32.1 Å². The molecule has 1 spiro atoms. The van der Waals surface area contributed by atoms with Gasteiger partial charge in [-0.1, -0.05) is 12.8 Å². The van der Waals surface area contributed by atoms with Gasteiger partial charge in [-0.05, 0) is 38.5 Å². The van der Waals surface area contributed by atoms with E-state index in [0.717, 1.165) is 13.0 Å². The molecule has 3 heteroatoms. The van der Waals surface area contributed by atoms with Gasteiger partial charge in [0.05, 0.1) is 5.60 Å². The van der Waals surface area contributed by atoms with Crippen molar-refractivity contribution in [2.45, 2.75) is 57.1 Å². The largest absolute Gasteiger partial charge is 0.375 e. The van der Waals surface area contributed by atoms with Crippen LogP contribution in [0.3, 0.4) is 0 Å². The maximum atomic E-state index is 5.98. The third kappa shape index (κ3) is 1.95. The van der Waals surface area contributed by atoms with E-state index in [-0.39, 0.29) is 5.60 Å². The van der Waals surface area contributed by atoms with E-state index >= 15 is 0 Å². The fraction of sp³-hybridized carbons (Fsp3) is 1.00. The Morgan fingerprint density at radius 3 is 2.79 bits per heavy atom. The minimum absolute atomic E-state index is 0.230. The lowest BCUT2D eigenvalue weighted by molar-refractivity contribution is -0.0969. The fourth-order valence-electron chi connectivity index (χ4n) is 3.00. The van der Waals surface area contributed by atoms with E-state index < -0.39 is 0 Å². The average molecular weight is 198 g/mol. The van der Waals surface area contributed by atoms with Crippen LogP contribution in [0.15, 0.2) is 0 Å². The molecule has 2 fully saturated rings. The first-order valence-electron chi connectivity index (χ1n) is 5.86. The minimum Gasteiger partial charge on any atom is -0.375 e. The topological polar surface area (TPSA) is 47.3 Å². The highest BCUT2D eigenvalue weighted by molar-refractivity contribution is 4.93. The van der Waals surface area contributed by atoms with E-state index in [9.17, 15) is 0 Å². The molecule has 1 aliphatic heterocycles. The van der Waals surface area contributed by atoms with Crippen LogP contribution in [0.25, 0.3) is 0 Å². The second kappa shape index (κ2) is 4.17. The summed E-state index contributed by atoms with van der Waals surface area (Å²) >= 11 is 0. The zero-order valence-electron chi connectivity index (χ0n) is 9.09. The third-order valence-electron chi connectivity index (χ3n) is 4.02. The van der Waals surface area contributed by atoms with Crippen molar-refractivity contribution in [3.8, 4) is 0 Å². The van der Waals surface area contributed by atoms with Crippen LogP contribution in [-0.4, -0.2) is 18.2 Å². The average Bonchev–Trinajstić information content (AvgIpc) is 2.65. The van der Waals surface area contributed by atoms with Gasteiger partial charge in [0.2, 0.25) is 0 Å². The highest BCUT2D eigenvalue weighted by Crippen LogP contribution is 2.42. The number of ether oxygens (including phenoxy) is 1. The maximum Gasteiger partial charge on any atom is 0.0685 e. The molecule has 3 nitrogen and oxygen atoms in total. The van der Waals surface area contributed by atoms with Crippen LogP contribution in [0.2, 0.25) is 0 Å². The number of nitrogens with two attached hydrogens (primary N) is 1. The van der Waals surface area contributed by atoms with E-state index in [1.807, 2.05) is 0 Å². The van der Waals surface area contributed by atoms with Gasteiger partial charge in [-0.15, -0.1) is 0 Å². The molecule has 2 unspecified atom stereocenters. The summed E-state index contributed by atoms with van der Waals surface area (Å²) in [6.07, 6.45) is 7.58. The predicted octanol–water partition coefficient (Wildman–Crippen LogP) is 1.58. The number of rotatable bonds is 2. The van der Waals surface area contributed by atoms with Crippen molar-refractivity contribution < 1.29 is 4.74 Å². The van der Waals surface area contributed by atoms with Gasteiger partial charge in [0.25, 0.3) is 0 Å². The van der Waals surface area contributed by atoms with Gasteiger partial charge in [-0.25, -0.2) is 0 Å². The van der Waals surface area contributed by atoms with Crippen LogP contribution >= 0.6 is 0 Å². The van der Waals surface area contributed by atoms with E-state index in [0.29, 0.717) is 12.0 Å². The molecule has 82 valence electrons. The van der Waals surface area contributed by atoms with Crippen LogP contribution in [0.1, 0.15) is 45.4 Å². The van der Waals surface area contributed by atoms with E-state index in [4.69, 9.17) is 10.6 Å². The van der Waals surface area contributed by atoms with Crippen molar-refractivity contribution in [2.75, 3.05) is 6.61 Å². The van der Waals surface area contributed by atoms with Gasteiger partial charge in [0.1, 0.15) is 0 Å². The number of hydrogen-bond acceptors (Lipinski definition) is 3. The van der Waals surface area contributed by atoms with Crippen molar-refractivity contribution in [1.82, 2.24) is 5.43 Å². The summed E-state index contributed by atoms with van der Waals surface area (Å²) in [5, 5.41) is 0. The Balaban J connectivity index is 1.96. The predicted molar refractivity (Wildman–Crippen MR) is 56.7 cm³/mol. The lowest BCUT2D eigenvalue weighted by atomic mass is 9.81. The Labute approximate surface area is 86.4 Å². The Kier molecular flexibility index (Phi) is 3.10. The molecule has 0 aromatic carbocycles. The van der Waals surface area contributed by atoms with Crippen LogP contribution in [-0.2, 0) is 4.74 Å². The van der Waals surface area contributed by atoms with Crippen LogP contribution < -0.4 is 11.3 Å². The Hall–Kier alpha value is -0.120. The molecule has 1 heterocycles. The van der Waals surface area contributed by atoms with Crippen molar-refractivity contribution in [3.05, 3.63) is 0 Å². The van der Waals surface area contributed by atoms with Gasteiger partial charge in [-0.2, -0.15) is 0 Å². The molecule has 0 radical (unpaired) electrons. The molecule has 0 aromatic rings. The first kappa shape index (κ1) is 10.4. The van der Waals surface area contributed by atoms with Crippen LogP contribution in [0.4, 0.5) is 0 Å². The highest BCUT2D eigenvalue weighted by Gasteiger charge is 2.40. The SMILES string of the molecule is CC(NN)C1CCOC2(CCCC2)C1. The lowest BCUT2D eigenvalue weighted by Crippen LogP contribution is -2.46. The quantitative estimate of drug-likeness (QED) is 0.523. The molecule has 2 atom stereocenters. The van der Waals surface area contributed by atoms with Gasteiger partial charge in [0.15, 0.2) is 0 Å². The molecule has 14 heavy (non-hydrogen) atoms. The van der Waals surface area contributed by atoms with Crippen LogP contribution in [0, 0.1) is 5.92 Å². The van der Waals surface area contributed by atoms with Crippen LogP contribution in [0.5, 0.6) is 0 Å². The molecule has 2 rings (SSSR count). The number of hydrogen-bond donors (Lipinski definition) is 2. The Morgan fingerprint density at radius 1 is 1.43 bits per heavy atom.